The summed E-state index contributed by atoms with van der Waals surface area (Å²) < 4.78 is 10.3. The van der Waals surface area contributed by atoms with Gasteiger partial charge < -0.3 is 14.4 Å². The Hall–Kier alpha value is -2.53. The molecule has 3 rings (SSSR count). The Balaban J connectivity index is 1.55. The fraction of sp³-hybridized carbons (Fsp3) is 0.321. The van der Waals surface area contributed by atoms with Crippen molar-refractivity contribution >= 4 is 29.2 Å². The van der Waals surface area contributed by atoms with Gasteiger partial charge in [-0.2, -0.15) is 0 Å². The van der Waals surface area contributed by atoms with Crippen LogP contribution in [0.3, 0.4) is 0 Å². The number of nitrogens with zero attached hydrogens (tertiary/aromatic N) is 1. The van der Waals surface area contributed by atoms with Gasteiger partial charge in [-0.05, 0) is 86.4 Å². The van der Waals surface area contributed by atoms with Crippen LogP contribution in [0.25, 0.3) is 0 Å². The van der Waals surface area contributed by atoms with Crippen molar-refractivity contribution < 1.29 is 14.3 Å². The molecular weight excluding hydrogens is 469 g/mol. The van der Waals surface area contributed by atoms with E-state index in [1.807, 2.05) is 48.5 Å². The average molecular weight is 500 g/mol. The van der Waals surface area contributed by atoms with Gasteiger partial charge >= 0.3 is 5.97 Å². The summed E-state index contributed by atoms with van der Waals surface area (Å²) in [5.41, 5.74) is 3.70. The maximum atomic E-state index is 11.5. The summed E-state index contributed by atoms with van der Waals surface area (Å²) >= 11 is 12.2. The number of rotatable bonds is 11. The summed E-state index contributed by atoms with van der Waals surface area (Å²) in [6.07, 6.45) is 1.37. The quantitative estimate of drug-likeness (QED) is 0.277. The first-order valence-electron chi connectivity index (χ1n) is 11.4. The number of halogens is 2. The van der Waals surface area contributed by atoms with E-state index in [-0.39, 0.29) is 11.9 Å². The van der Waals surface area contributed by atoms with Gasteiger partial charge in [0, 0.05) is 22.5 Å². The Morgan fingerprint density at radius 3 is 1.91 bits per heavy atom. The summed E-state index contributed by atoms with van der Waals surface area (Å²) in [7, 11) is 3.51. The minimum Gasteiger partial charge on any atom is -0.479 e. The van der Waals surface area contributed by atoms with E-state index in [1.165, 1.54) is 23.8 Å². The van der Waals surface area contributed by atoms with Gasteiger partial charge in [-0.25, -0.2) is 4.79 Å². The highest BCUT2D eigenvalue weighted by Gasteiger charge is 2.17. The van der Waals surface area contributed by atoms with Crippen LogP contribution >= 0.6 is 23.2 Å². The molecule has 0 saturated heterocycles. The molecule has 1 atom stereocenters. The zero-order valence-corrected chi connectivity index (χ0v) is 21.4. The van der Waals surface area contributed by atoms with E-state index in [4.69, 9.17) is 32.7 Å². The molecular formula is C28H31Cl2NO3. The van der Waals surface area contributed by atoms with Crippen molar-refractivity contribution in [2.75, 3.05) is 27.2 Å². The van der Waals surface area contributed by atoms with Crippen LogP contribution in [0.5, 0.6) is 5.75 Å². The van der Waals surface area contributed by atoms with Crippen molar-refractivity contribution in [1.29, 1.82) is 0 Å². The van der Waals surface area contributed by atoms with E-state index in [1.54, 1.807) is 6.92 Å². The highest BCUT2D eigenvalue weighted by molar-refractivity contribution is 6.30. The third-order valence-electron chi connectivity index (χ3n) is 5.81. The van der Waals surface area contributed by atoms with E-state index in [0.29, 0.717) is 5.75 Å². The van der Waals surface area contributed by atoms with E-state index in [0.717, 1.165) is 36.0 Å². The molecule has 0 amide bonds. The molecule has 4 nitrogen and oxygen atoms in total. The molecule has 0 radical (unpaired) electrons. The predicted molar refractivity (Wildman–Crippen MR) is 139 cm³/mol. The lowest BCUT2D eigenvalue weighted by atomic mass is 9.91. The van der Waals surface area contributed by atoms with Gasteiger partial charge in [0.25, 0.3) is 0 Å². The van der Waals surface area contributed by atoms with Gasteiger partial charge in [-0.1, -0.05) is 59.6 Å². The number of likely N-dealkylation sites (N-methyl/N-ethyl adjacent to an activating group) is 1. The SMILES string of the molecule is COC(=O)C(C)Oc1ccc(CCCN(C)CC(c2ccc(Cl)cc2)c2ccc(Cl)cc2)cc1. The van der Waals surface area contributed by atoms with E-state index < -0.39 is 6.10 Å². The van der Waals surface area contributed by atoms with Gasteiger partial charge in [-0.3, -0.25) is 0 Å². The monoisotopic (exact) mass is 499 g/mol. The summed E-state index contributed by atoms with van der Waals surface area (Å²) in [5.74, 6) is 0.503. The number of carbonyl (C=O) groups is 1. The standard InChI is InChI=1S/C28H31Cl2NO3/c1-20(28(32)33-3)34-26-16-6-21(7-17-26)5-4-18-31(2)19-27(22-8-12-24(29)13-9-22)23-10-14-25(30)15-11-23/h6-17,20,27H,4-5,18-19H2,1-3H3. The van der Waals surface area contributed by atoms with E-state index in [2.05, 4.69) is 36.2 Å². The lowest BCUT2D eigenvalue weighted by molar-refractivity contribution is -0.147. The Morgan fingerprint density at radius 2 is 1.41 bits per heavy atom. The van der Waals surface area contributed by atoms with Crippen LogP contribution in [0.15, 0.2) is 72.8 Å². The van der Waals surface area contributed by atoms with Crippen molar-refractivity contribution in [3.63, 3.8) is 0 Å². The van der Waals surface area contributed by atoms with E-state index in [9.17, 15) is 4.79 Å². The largest absolute Gasteiger partial charge is 0.479 e. The van der Waals surface area contributed by atoms with Gasteiger partial charge in [-0.15, -0.1) is 0 Å². The third kappa shape index (κ3) is 7.76. The zero-order valence-electron chi connectivity index (χ0n) is 19.8. The van der Waals surface area contributed by atoms with Gasteiger partial charge in [0.15, 0.2) is 6.10 Å². The first kappa shape index (κ1) is 26.1. The minimum absolute atomic E-state index is 0.229. The number of carbonyl (C=O) groups excluding carboxylic acids is 1. The molecule has 180 valence electrons. The van der Waals surface area contributed by atoms with Crippen molar-refractivity contribution in [2.24, 2.45) is 0 Å². The molecule has 0 aliphatic heterocycles. The molecule has 0 aliphatic rings. The third-order valence-corrected chi connectivity index (χ3v) is 6.32. The molecule has 0 fully saturated rings. The zero-order chi connectivity index (χ0) is 24.5. The maximum absolute atomic E-state index is 11.5. The molecule has 1 unspecified atom stereocenters. The number of aryl methyl sites for hydroxylation is 1. The van der Waals surface area contributed by atoms with Crippen LogP contribution in [0.1, 0.15) is 36.0 Å². The highest BCUT2D eigenvalue weighted by Crippen LogP contribution is 2.28. The summed E-state index contributed by atoms with van der Waals surface area (Å²) in [6, 6.07) is 24.1. The van der Waals surface area contributed by atoms with Crippen LogP contribution in [0.4, 0.5) is 0 Å². The minimum atomic E-state index is -0.626. The molecule has 0 N–H and O–H groups in total. The number of hydrogen-bond acceptors (Lipinski definition) is 4. The molecule has 0 aliphatic carbocycles. The van der Waals surface area contributed by atoms with Crippen LogP contribution < -0.4 is 4.74 Å². The van der Waals surface area contributed by atoms with Crippen LogP contribution in [-0.4, -0.2) is 44.2 Å². The molecule has 0 heterocycles. The molecule has 6 heteroatoms. The highest BCUT2D eigenvalue weighted by atomic mass is 35.5. The molecule has 3 aromatic carbocycles. The Bertz CT molecular complexity index is 991. The fourth-order valence-electron chi connectivity index (χ4n) is 3.90. The molecule has 0 aromatic heterocycles. The lowest BCUT2D eigenvalue weighted by Crippen LogP contribution is -2.26. The number of esters is 1. The normalized spacial score (nSPS) is 12.1. The second-order valence-corrected chi connectivity index (χ2v) is 9.32. The molecule has 0 bridgehead atoms. The molecule has 3 aromatic rings. The van der Waals surface area contributed by atoms with Crippen molar-refractivity contribution in [2.45, 2.75) is 31.8 Å². The smallest absolute Gasteiger partial charge is 0.346 e. The van der Waals surface area contributed by atoms with Crippen LogP contribution in [0.2, 0.25) is 10.0 Å². The van der Waals surface area contributed by atoms with Gasteiger partial charge in [0.05, 0.1) is 7.11 Å². The predicted octanol–water partition coefficient (Wildman–Crippen LogP) is 6.63. The molecule has 0 saturated carbocycles. The topological polar surface area (TPSA) is 38.8 Å². The fourth-order valence-corrected chi connectivity index (χ4v) is 4.15. The van der Waals surface area contributed by atoms with Crippen LogP contribution in [-0.2, 0) is 16.0 Å². The van der Waals surface area contributed by atoms with E-state index >= 15 is 0 Å². The summed E-state index contributed by atoms with van der Waals surface area (Å²) in [5, 5.41) is 1.48. The van der Waals surface area contributed by atoms with Gasteiger partial charge in [0.1, 0.15) is 5.75 Å². The first-order valence-corrected chi connectivity index (χ1v) is 12.1. The second-order valence-electron chi connectivity index (χ2n) is 8.45. The maximum Gasteiger partial charge on any atom is 0.346 e. The van der Waals surface area contributed by atoms with Crippen molar-refractivity contribution in [1.82, 2.24) is 4.90 Å². The second kappa shape index (κ2) is 12.8. The van der Waals surface area contributed by atoms with Gasteiger partial charge in [0.2, 0.25) is 0 Å². The number of benzene rings is 3. The Kier molecular flexibility index (Phi) is 9.82. The lowest BCUT2D eigenvalue weighted by Gasteiger charge is -2.25. The number of hydrogen-bond donors (Lipinski definition) is 0. The Morgan fingerprint density at radius 1 is 0.882 bits per heavy atom. The first-order chi connectivity index (χ1) is 16.4. The number of methoxy groups -OCH3 is 1. The molecule has 34 heavy (non-hydrogen) atoms. The van der Waals surface area contributed by atoms with Crippen LogP contribution in [0, 0.1) is 0 Å². The Labute approximate surface area is 212 Å². The number of ether oxygens (including phenoxy) is 2. The average Bonchev–Trinajstić information content (AvgIpc) is 2.84. The summed E-state index contributed by atoms with van der Waals surface area (Å²) in [6.45, 7) is 3.54. The molecule has 0 spiro atoms. The summed E-state index contributed by atoms with van der Waals surface area (Å²) in [4.78, 5) is 13.9. The van der Waals surface area contributed by atoms with Crippen molar-refractivity contribution in [3.05, 3.63) is 99.5 Å². The van der Waals surface area contributed by atoms with Crippen molar-refractivity contribution in [3.8, 4) is 5.75 Å².